The normalized spacial score (nSPS) is 16.0. The lowest BCUT2D eigenvalue weighted by Crippen LogP contribution is -2.27. The van der Waals surface area contributed by atoms with Crippen LogP contribution < -0.4 is 5.32 Å². The molecule has 0 radical (unpaired) electrons. The van der Waals surface area contributed by atoms with Crippen molar-refractivity contribution >= 4 is 28.6 Å². The molecule has 0 bridgehead atoms. The van der Waals surface area contributed by atoms with Crippen LogP contribution in [0.4, 0.5) is 19.1 Å². The van der Waals surface area contributed by atoms with E-state index >= 15 is 0 Å². The molecule has 3 aromatic rings. The Labute approximate surface area is 163 Å². The first-order valence-corrected chi connectivity index (χ1v) is 8.79. The van der Waals surface area contributed by atoms with Gasteiger partial charge in [0.15, 0.2) is 0 Å². The maximum absolute atomic E-state index is 13.1. The van der Waals surface area contributed by atoms with E-state index in [1.54, 1.807) is 30.5 Å². The fourth-order valence-corrected chi connectivity index (χ4v) is 3.06. The van der Waals surface area contributed by atoms with Gasteiger partial charge in [-0.2, -0.15) is 13.2 Å². The summed E-state index contributed by atoms with van der Waals surface area (Å²) in [5.41, 5.74) is -0.701. The van der Waals surface area contributed by atoms with Crippen molar-refractivity contribution in [2.24, 2.45) is 5.16 Å². The van der Waals surface area contributed by atoms with E-state index in [0.29, 0.717) is 17.7 Å². The molecule has 1 aromatic carbocycles. The summed E-state index contributed by atoms with van der Waals surface area (Å²) in [5.74, 6) is 0.123. The molecule has 0 unspecified atom stereocenters. The Morgan fingerprint density at radius 2 is 2.10 bits per heavy atom. The molecule has 29 heavy (non-hydrogen) atoms. The fraction of sp³-hybridized carbons (Fsp3) is 0.316. The summed E-state index contributed by atoms with van der Waals surface area (Å²) in [4.78, 5) is 22.0. The molecule has 3 heterocycles. The molecule has 0 fully saturated rings. The van der Waals surface area contributed by atoms with Crippen LogP contribution in [-0.4, -0.2) is 26.8 Å². The van der Waals surface area contributed by atoms with Crippen molar-refractivity contribution in [3.63, 3.8) is 0 Å². The molecule has 1 N–H and O–H groups in total. The van der Waals surface area contributed by atoms with E-state index in [9.17, 15) is 18.0 Å². The number of furan rings is 1. The zero-order chi connectivity index (χ0) is 20.8. The van der Waals surface area contributed by atoms with Crippen molar-refractivity contribution in [2.45, 2.75) is 38.6 Å². The van der Waals surface area contributed by atoms with Crippen molar-refractivity contribution in [2.75, 3.05) is 5.32 Å². The number of carbonyl (C=O) groups is 1. The number of hydrogen-bond donors (Lipinski definition) is 1. The maximum atomic E-state index is 13.1. The van der Waals surface area contributed by atoms with Gasteiger partial charge in [0.25, 0.3) is 5.91 Å². The molecule has 1 amide bonds. The Bertz CT molecular complexity index is 1100. The molecule has 1 aliphatic heterocycles. The predicted molar refractivity (Wildman–Crippen MR) is 98.4 cm³/mol. The van der Waals surface area contributed by atoms with Crippen LogP contribution in [0.5, 0.6) is 0 Å². The first-order chi connectivity index (χ1) is 13.6. The number of rotatable bonds is 4. The third-order valence-electron chi connectivity index (χ3n) is 4.45. The van der Waals surface area contributed by atoms with E-state index in [0.717, 1.165) is 12.1 Å². The monoisotopic (exact) mass is 406 g/mol. The third-order valence-corrected chi connectivity index (χ3v) is 4.45. The summed E-state index contributed by atoms with van der Waals surface area (Å²) in [7, 11) is 0. The second-order valence-corrected chi connectivity index (χ2v) is 7.32. The molecule has 0 atom stereocenters. The van der Waals surface area contributed by atoms with Gasteiger partial charge in [0.1, 0.15) is 17.1 Å². The number of benzene rings is 1. The minimum Gasteiger partial charge on any atom is -0.467 e. The number of anilines is 1. The van der Waals surface area contributed by atoms with Crippen molar-refractivity contribution in [1.82, 2.24) is 9.55 Å². The van der Waals surface area contributed by atoms with Crippen LogP contribution in [-0.2, 0) is 22.4 Å². The van der Waals surface area contributed by atoms with Crippen LogP contribution in [0.15, 0.2) is 46.2 Å². The summed E-state index contributed by atoms with van der Waals surface area (Å²) >= 11 is 0. The van der Waals surface area contributed by atoms with Crippen LogP contribution in [0.25, 0.3) is 11.0 Å². The molecule has 0 aliphatic carbocycles. The number of amides is 1. The van der Waals surface area contributed by atoms with E-state index in [-0.39, 0.29) is 23.7 Å². The minimum absolute atomic E-state index is 0.0909. The summed E-state index contributed by atoms with van der Waals surface area (Å²) in [6.45, 7) is 3.77. The van der Waals surface area contributed by atoms with Gasteiger partial charge in [-0.15, -0.1) is 0 Å². The number of carbonyl (C=O) groups excluding carboxylic acids is 1. The first kappa shape index (κ1) is 19.0. The predicted octanol–water partition coefficient (Wildman–Crippen LogP) is 4.19. The lowest BCUT2D eigenvalue weighted by Gasteiger charge is -2.13. The van der Waals surface area contributed by atoms with Crippen LogP contribution in [0.2, 0.25) is 0 Å². The Morgan fingerprint density at radius 1 is 1.31 bits per heavy atom. The lowest BCUT2D eigenvalue weighted by molar-refractivity contribution is -0.137. The molecule has 4 rings (SSSR count). The number of oxime groups is 1. The summed E-state index contributed by atoms with van der Waals surface area (Å²) < 4.78 is 46.1. The van der Waals surface area contributed by atoms with E-state index in [4.69, 9.17) is 9.25 Å². The van der Waals surface area contributed by atoms with Gasteiger partial charge in [-0.25, -0.2) is 4.98 Å². The van der Waals surface area contributed by atoms with Gasteiger partial charge in [0.2, 0.25) is 5.95 Å². The Kier molecular flexibility index (Phi) is 4.36. The van der Waals surface area contributed by atoms with Crippen molar-refractivity contribution < 1.29 is 27.2 Å². The zero-order valence-electron chi connectivity index (χ0n) is 15.6. The molecule has 152 valence electrons. The minimum atomic E-state index is -4.50. The fourth-order valence-electron chi connectivity index (χ4n) is 3.06. The summed E-state index contributed by atoms with van der Waals surface area (Å²) in [5, 5.41) is 6.42. The molecular formula is C19H17F3N4O3. The summed E-state index contributed by atoms with van der Waals surface area (Å²) in [6, 6.07) is 6.66. The van der Waals surface area contributed by atoms with Crippen molar-refractivity contribution in [3.8, 4) is 0 Å². The van der Waals surface area contributed by atoms with Gasteiger partial charge in [-0.1, -0.05) is 5.16 Å². The van der Waals surface area contributed by atoms with Crippen LogP contribution in [0.3, 0.4) is 0 Å². The first-order valence-electron chi connectivity index (χ1n) is 8.79. The van der Waals surface area contributed by atoms with Gasteiger partial charge in [-0.3, -0.25) is 10.1 Å². The number of nitrogens with one attached hydrogen (secondary N) is 1. The second kappa shape index (κ2) is 6.64. The second-order valence-electron chi connectivity index (χ2n) is 7.32. The Balaban J connectivity index is 1.72. The number of fused-ring (bicyclic) bond motifs is 1. The topological polar surface area (TPSA) is 81.7 Å². The molecule has 0 saturated heterocycles. The van der Waals surface area contributed by atoms with Gasteiger partial charge in [0.05, 0.1) is 29.4 Å². The zero-order valence-corrected chi connectivity index (χ0v) is 15.6. The highest BCUT2D eigenvalue weighted by molar-refractivity contribution is 6.43. The SMILES string of the molecule is CC1(C)CC(C(=O)Nc2nc3cc(C(F)(F)F)ccc3n2Cc2ccco2)=NO1. The average molecular weight is 406 g/mol. The third kappa shape index (κ3) is 3.82. The van der Waals surface area contributed by atoms with E-state index < -0.39 is 23.2 Å². The van der Waals surface area contributed by atoms with Gasteiger partial charge in [0, 0.05) is 6.42 Å². The molecule has 7 nitrogen and oxygen atoms in total. The molecule has 2 aromatic heterocycles. The average Bonchev–Trinajstić information content (AvgIpc) is 3.34. The Hall–Kier alpha value is -3.30. The molecular weight excluding hydrogens is 389 g/mol. The number of aromatic nitrogens is 2. The quantitative estimate of drug-likeness (QED) is 0.705. The highest BCUT2D eigenvalue weighted by atomic mass is 19.4. The standard InChI is InChI=1S/C19H17F3N4O3/c1-18(2)9-14(25-29-18)16(27)24-17-23-13-8-11(19(20,21)22)5-6-15(13)26(17)10-12-4-3-7-28-12/h3-8H,9-10H2,1-2H3,(H,23,24,27). The number of nitrogens with zero attached hydrogens (tertiary/aromatic N) is 3. The lowest BCUT2D eigenvalue weighted by atomic mass is 10.0. The molecule has 0 spiro atoms. The number of hydrogen-bond acceptors (Lipinski definition) is 5. The highest BCUT2D eigenvalue weighted by Gasteiger charge is 2.34. The van der Waals surface area contributed by atoms with Gasteiger partial charge < -0.3 is 13.8 Å². The van der Waals surface area contributed by atoms with E-state index in [1.807, 2.05) is 0 Å². The smallest absolute Gasteiger partial charge is 0.416 e. The molecule has 10 heteroatoms. The summed E-state index contributed by atoms with van der Waals surface area (Å²) in [6.07, 6.45) is -2.71. The van der Waals surface area contributed by atoms with Crippen molar-refractivity contribution in [1.29, 1.82) is 0 Å². The van der Waals surface area contributed by atoms with E-state index in [1.165, 1.54) is 12.3 Å². The van der Waals surface area contributed by atoms with Crippen LogP contribution in [0, 0.1) is 0 Å². The highest BCUT2D eigenvalue weighted by Crippen LogP contribution is 2.32. The molecule has 0 saturated carbocycles. The van der Waals surface area contributed by atoms with E-state index in [2.05, 4.69) is 15.5 Å². The largest absolute Gasteiger partial charge is 0.467 e. The van der Waals surface area contributed by atoms with Gasteiger partial charge in [-0.05, 0) is 44.2 Å². The molecule has 1 aliphatic rings. The number of alkyl halides is 3. The van der Waals surface area contributed by atoms with Crippen LogP contribution in [0.1, 0.15) is 31.6 Å². The van der Waals surface area contributed by atoms with Crippen molar-refractivity contribution in [3.05, 3.63) is 47.9 Å². The van der Waals surface area contributed by atoms with Gasteiger partial charge >= 0.3 is 6.18 Å². The number of imidazole rings is 1. The van der Waals surface area contributed by atoms with Crippen LogP contribution >= 0.6 is 0 Å². The number of halogens is 3. The Morgan fingerprint density at radius 3 is 2.72 bits per heavy atom. The maximum Gasteiger partial charge on any atom is 0.416 e.